The van der Waals surface area contributed by atoms with E-state index < -0.39 is 15.4 Å². The lowest BCUT2D eigenvalue weighted by Gasteiger charge is -2.33. The first-order valence-electron chi connectivity index (χ1n) is 7.75. The molecule has 118 valence electrons. The minimum Gasteiger partial charge on any atom is -0.337 e. The highest BCUT2D eigenvalue weighted by atomic mass is 32.2. The number of sulfone groups is 1. The molecular weight excluding hydrogens is 290 g/mol. The highest BCUT2D eigenvalue weighted by molar-refractivity contribution is 7.91. The van der Waals surface area contributed by atoms with E-state index in [1.54, 1.807) is 0 Å². The van der Waals surface area contributed by atoms with E-state index in [9.17, 15) is 8.42 Å². The lowest BCUT2D eigenvalue weighted by molar-refractivity contribution is 0.181. The zero-order chi connectivity index (χ0) is 15.1. The average molecular weight is 313 g/mol. The first-order valence-corrected chi connectivity index (χ1v) is 9.57. The molecule has 0 aromatic carbocycles. The summed E-state index contributed by atoms with van der Waals surface area (Å²) < 4.78 is 28.5. The van der Waals surface area contributed by atoms with E-state index in [-0.39, 0.29) is 17.4 Å². The van der Waals surface area contributed by atoms with Crippen LogP contribution in [0.25, 0.3) is 0 Å². The maximum Gasteiger partial charge on any atom is 0.246 e. The summed E-state index contributed by atoms with van der Waals surface area (Å²) in [4.78, 5) is 4.44. The maximum absolute atomic E-state index is 11.5. The van der Waals surface area contributed by atoms with Crippen LogP contribution in [0.5, 0.6) is 0 Å². The predicted molar refractivity (Wildman–Crippen MR) is 78.4 cm³/mol. The highest BCUT2D eigenvalue weighted by Gasteiger charge is 2.39. The van der Waals surface area contributed by atoms with E-state index in [1.807, 2.05) is 0 Å². The topological polar surface area (TPSA) is 99.1 Å². The van der Waals surface area contributed by atoms with Gasteiger partial charge in [0.05, 0.1) is 17.0 Å². The SMILES string of the molecule is CCC1CCC(N)(c2nc(C3CCS(=O)(=O)C3)no2)CC1. The van der Waals surface area contributed by atoms with Crippen LogP contribution in [-0.4, -0.2) is 30.1 Å². The van der Waals surface area contributed by atoms with Crippen molar-refractivity contribution in [1.82, 2.24) is 10.1 Å². The first-order chi connectivity index (χ1) is 9.92. The van der Waals surface area contributed by atoms with Crippen LogP contribution in [0, 0.1) is 5.92 Å². The van der Waals surface area contributed by atoms with Gasteiger partial charge in [-0.25, -0.2) is 8.42 Å². The summed E-state index contributed by atoms with van der Waals surface area (Å²) in [5, 5.41) is 3.99. The Hall–Kier alpha value is -0.950. The van der Waals surface area contributed by atoms with Crippen LogP contribution >= 0.6 is 0 Å². The van der Waals surface area contributed by atoms with Crippen molar-refractivity contribution in [3.05, 3.63) is 11.7 Å². The lowest BCUT2D eigenvalue weighted by Crippen LogP contribution is -2.40. The molecule has 2 N–H and O–H groups in total. The van der Waals surface area contributed by atoms with Gasteiger partial charge in [0.1, 0.15) is 0 Å². The van der Waals surface area contributed by atoms with E-state index in [0.29, 0.717) is 18.1 Å². The number of hydrogen-bond acceptors (Lipinski definition) is 6. The largest absolute Gasteiger partial charge is 0.337 e. The summed E-state index contributed by atoms with van der Waals surface area (Å²) in [6, 6.07) is 0. The van der Waals surface area contributed by atoms with E-state index >= 15 is 0 Å². The molecule has 0 radical (unpaired) electrons. The second kappa shape index (κ2) is 5.35. The van der Waals surface area contributed by atoms with Crippen LogP contribution in [0.3, 0.4) is 0 Å². The van der Waals surface area contributed by atoms with Gasteiger partial charge in [0.15, 0.2) is 15.7 Å². The normalized spacial score (nSPS) is 35.9. The molecule has 2 fully saturated rings. The van der Waals surface area contributed by atoms with E-state index in [0.717, 1.165) is 31.6 Å². The van der Waals surface area contributed by atoms with Crippen molar-refractivity contribution < 1.29 is 12.9 Å². The number of nitrogens with two attached hydrogens (primary N) is 1. The lowest BCUT2D eigenvalue weighted by atomic mass is 9.76. The van der Waals surface area contributed by atoms with Gasteiger partial charge in [0.2, 0.25) is 5.89 Å². The number of aromatic nitrogens is 2. The number of rotatable bonds is 3. The van der Waals surface area contributed by atoms with Crippen molar-refractivity contribution in [2.45, 2.75) is 56.9 Å². The quantitative estimate of drug-likeness (QED) is 0.912. The van der Waals surface area contributed by atoms with Gasteiger partial charge in [-0.2, -0.15) is 4.98 Å². The van der Waals surface area contributed by atoms with Gasteiger partial charge in [-0.3, -0.25) is 0 Å². The van der Waals surface area contributed by atoms with Gasteiger partial charge < -0.3 is 10.3 Å². The molecule has 7 heteroatoms. The molecule has 0 amide bonds. The minimum atomic E-state index is -2.94. The van der Waals surface area contributed by atoms with Crippen molar-refractivity contribution in [2.24, 2.45) is 11.7 Å². The Balaban J connectivity index is 1.73. The Bertz CT molecular complexity index is 603. The Morgan fingerprint density at radius 2 is 2.05 bits per heavy atom. The monoisotopic (exact) mass is 313 g/mol. The van der Waals surface area contributed by atoms with Crippen molar-refractivity contribution >= 4 is 9.84 Å². The van der Waals surface area contributed by atoms with Crippen LogP contribution in [0.15, 0.2) is 4.52 Å². The second-order valence-electron chi connectivity index (χ2n) is 6.57. The van der Waals surface area contributed by atoms with Crippen LogP contribution < -0.4 is 5.73 Å². The zero-order valence-corrected chi connectivity index (χ0v) is 13.2. The van der Waals surface area contributed by atoms with Crippen LogP contribution in [-0.2, 0) is 15.4 Å². The molecule has 1 aromatic heterocycles. The molecule has 0 bridgehead atoms. The smallest absolute Gasteiger partial charge is 0.246 e. The molecule has 21 heavy (non-hydrogen) atoms. The molecular formula is C14H23N3O3S. The summed E-state index contributed by atoms with van der Waals surface area (Å²) >= 11 is 0. The van der Waals surface area contributed by atoms with Crippen molar-refractivity contribution in [3.8, 4) is 0 Å². The number of hydrogen-bond donors (Lipinski definition) is 1. The van der Waals surface area contributed by atoms with Crippen molar-refractivity contribution in [1.29, 1.82) is 0 Å². The predicted octanol–water partition coefficient (Wildman–Crippen LogP) is 1.73. The van der Waals surface area contributed by atoms with Crippen LogP contribution in [0.1, 0.15) is 63.1 Å². The van der Waals surface area contributed by atoms with Gasteiger partial charge >= 0.3 is 0 Å². The fourth-order valence-electron chi connectivity index (χ4n) is 3.42. The summed E-state index contributed by atoms with van der Waals surface area (Å²) in [5.41, 5.74) is 5.91. The molecule has 6 nitrogen and oxygen atoms in total. The molecule has 1 aliphatic heterocycles. The minimum absolute atomic E-state index is 0.126. The third kappa shape index (κ3) is 2.99. The molecule has 1 unspecified atom stereocenters. The van der Waals surface area contributed by atoms with E-state index in [2.05, 4.69) is 17.1 Å². The van der Waals surface area contributed by atoms with E-state index in [1.165, 1.54) is 6.42 Å². The van der Waals surface area contributed by atoms with Gasteiger partial charge in [-0.15, -0.1) is 0 Å². The summed E-state index contributed by atoms with van der Waals surface area (Å²) in [6.45, 7) is 2.21. The molecule has 1 aliphatic carbocycles. The van der Waals surface area contributed by atoms with Gasteiger partial charge in [-0.05, 0) is 38.0 Å². The van der Waals surface area contributed by atoms with Crippen molar-refractivity contribution in [3.63, 3.8) is 0 Å². The Morgan fingerprint density at radius 1 is 1.33 bits per heavy atom. The molecule has 1 aromatic rings. The number of nitrogens with zero attached hydrogens (tertiary/aromatic N) is 2. The molecule has 1 saturated heterocycles. The maximum atomic E-state index is 11.5. The standard InChI is InChI=1S/C14H23N3O3S/c1-2-10-3-6-14(15,7-4-10)13-16-12(17-20-13)11-5-8-21(18,19)9-11/h10-11H,2-9,15H2,1H3. The first kappa shape index (κ1) is 15.0. The van der Waals surface area contributed by atoms with Gasteiger partial charge in [0, 0.05) is 5.92 Å². The molecule has 3 rings (SSSR count). The molecule has 2 heterocycles. The van der Waals surface area contributed by atoms with Gasteiger partial charge in [0.25, 0.3) is 0 Å². The average Bonchev–Trinajstić information content (AvgIpc) is 3.06. The fraction of sp³-hybridized carbons (Fsp3) is 0.857. The van der Waals surface area contributed by atoms with Gasteiger partial charge in [-0.1, -0.05) is 18.5 Å². The van der Waals surface area contributed by atoms with Crippen molar-refractivity contribution in [2.75, 3.05) is 11.5 Å². The molecule has 1 atom stereocenters. The highest BCUT2D eigenvalue weighted by Crippen LogP contribution is 2.38. The molecule has 2 aliphatic rings. The molecule has 1 saturated carbocycles. The second-order valence-corrected chi connectivity index (χ2v) is 8.79. The zero-order valence-electron chi connectivity index (χ0n) is 12.4. The summed E-state index contributed by atoms with van der Waals surface area (Å²) in [5.74, 6) is 1.94. The third-order valence-electron chi connectivity index (χ3n) is 5.04. The van der Waals surface area contributed by atoms with Crippen LogP contribution in [0.4, 0.5) is 0 Å². The Labute approximate surface area is 125 Å². The summed E-state index contributed by atoms with van der Waals surface area (Å²) in [6.07, 6.45) is 5.65. The Morgan fingerprint density at radius 3 is 2.62 bits per heavy atom. The fourth-order valence-corrected chi connectivity index (χ4v) is 5.16. The van der Waals surface area contributed by atoms with E-state index in [4.69, 9.17) is 10.3 Å². The molecule has 0 spiro atoms. The van der Waals surface area contributed by atoms with Crippen LogP contribution in [0.2, 0.25) is 0 Å². The third-order valence-corrected chi connectivity index (χ3v) is 6.81. The Kier molecular flexibility index (Phi) is 3.81. The summed E-state index contributed by atoms with van der Waals surface area (Å²) in [7, 11) is -2.94.